The molecule has 0 radical (unpaired) electrons. The smallest absolute Gasteiger partial charge is 0.220 e. The molecular weight excluding hydrogens is 352 g/mol. The zero-order chi connectivity index (χ0) is 20.1. The van der Waals surface area contributed by atoms with Crippen molar-refractivity contribution in [3.63, 3.8) is 0 Å². The van der Waals surface area contributed by atoms with E-state index < -0.39 is 0 Å². The molecule has 0 bridgehead atoms. The Morgan fingerprint density at radius 2 is 1.71 bits per heavy atom. The van der Waals surface area contributed by atoms with Gasteiger partial charge in [-0.05, 0) is 68.8 Å². The largest absolute Gasteiger partial charge is 0.491 e. The Balaban J connectivity index is 1.73. The quantitative estimate of drug-likeness (QED) is 0.598. The van der Waals surface area contributed by atoms with E-state index in [1.165, 1.54) is 0 Å². The molecule has 0 aliphatic heterocycles. The van der Waals surface area contributed by atoms with Crippen LogP contribution in [0.2, 0.25) is 0 Å². The fraction of sp³-hybridized carbons (Fsp3) is 0.304. The zero-order valence-electron chi connectivity index (χ0n) is 16.7. The molecule has 0 aliphatic carbocycles. The number of nitrogens with zero attached hydrogens (tertiary/aromatic N) is 1. The lowest BCUT2D eigenvalue weighted by molar-refractivity contribution is -0.121. The molecule has 3 aromatic rings. The van der Waals surface area contributed by atoms with Crippen molar-refractivity contribution in [2.24, 2.45) is 0 Å². The maximum atomic E-state index is 11.6. The summed E-state index contributed by atoms with van der Waals surface area (Å²) >= 11 is 0. The average Bonchev–Trinajstić information content (AvgIpc) is 2.68. The molecule has 2 aromatic carbocycles. The van der Waals surface area contributed by atoms with E-state index in [1.807, 2.05) is 82.3 Å². The molecule has 0 spiro atoms. The van der Waals surface area contributed by atoms with Crippen molar-refractivity contribution >= 4 is 16.8 Å². The van der Waals surface area contributed by atoms with Gasteiger partial charge in [-0.25, -0.2) is 4.98 Å². The van der Waals surface area contributed by atoms with Gasteiger partial charge in [-0.2, -0.15) is 0 Å². The van der Waals surface area contributed by atoms with Crippen LogP contribution in [-0.4, -0.2) is 17.0 Å². The van der Waals surface area contributed by atoms with Crippen molar-refractivity contribution in [3.05, 3.63) is 60.2 Å². The standard InChI is InChI=1S/C23H26N2O3/c1-5-22(26)24-16(4)17-6-12-21-18(14-17)7-13-23(25-21)28-20-10-8-19(9-11-20)27-15(2)3/h6-16H,5H2,1-4H3,(H,24,26). The van der Waals surface area contributed by atoms with Gasteiger partial charge in [-0.3, -0.25) is 4.79 Å². The van der Waals surface area contributed by atoms with E-state index in [0.717, 1.165) is 22.2 Å². The van der Waals surface area contributed by atoms with Crippen LogP contribution in [0.1, 0.15) is 45.7 Å². The van der Waals surface area contributed by atoms with E-state index in [2.05, 4.69) is 10.3 Å². The van der Waals surface area contributed by atoms with Gasteiger partial charge < -0.3 is 14.8 Å². The SMILES string of the molecule is CCC(=O)NC(C)c1ccc2nc(Oc3ccc(OC(C)C)cc3)ccc2c1. The molecule has 1 aromatic heterocycles. The summed E-state index contributed by atoms with van der Waals surface area (Å²) < 4.78 is 11.5. The Hall–Kier alpha value is -3.08. The number of pyridine rings is 1. The Morgan fingerprint density at radius 1 is 1.00 bits per heavy atom. The normalized spacial score (nSPS) is 12.0. The predicted molar refractivity (Wildman–Crippen MR) is 111 cm³/mol. The molecule has 1 amide bonds. The van der Waals surface area contributed by atoms with Gasteiger partial charge in [0.15, 0.2) is 0 Å². The fourth-order valence-electron chi connectivity index (χ4n) is 2.86. The van der Waals surface area contributed by atoms with Crippen LogP contribution in [0, 0.1) is 0 Å². The van der Waals surface area contributed by atoms with E-state index in [9.17, 15) is 4.79 Å². The van der Waals surface area contributed by atoms with Crippen molar-refractivity contribution in [2.75, 3.05) is 0 Å². The number of nitrogens with one attached hydrogen (secondary N) is 1. The predicted octanol–water partition coefficient (Wildman–Crippen LogP) is 5.40. The van der Waals surface area contributed by atoms with Crippen molar-refractivity contribution in [1.82, 2.24) is 10.3 Å². The highest BCUT2D eigenvalue weighted by Crippen LogP contribution is 2.26. The van der Waals surface area contributed by atoms with E-state index >= 15 is 0 Å². The minimum Gasteiger partial charge on any atom is -0.491 e. The summed E-state index contributed by atoms with van der Waals surface area (Å²) in [5.74, 6) is 2.09. The zero-order valence-corrected chi connectivity index (χ0v) is 16.7. The lowest BCUT2D eigenvalue weighted by atomic mass is 10.1. The number of hydrogen-bond acceptors (Lipinski definition) is 4. The van der Waals surface area contributed by atoms with Crippen LogP contribution < -0.4 is 14.8 Å². The first kappa shape index (κ1) is 19.7. The topological polar surface area (TPSA) is 60.5 Å². The van der Waals surface area contributed by atoms with Crippen LogP contribution in [0.3, 0.4) is 0 Å². The first-order valence-corrected chi connectivity index (χ1v) is 9.59. The molecule has 0 saturated carbocycles. The molecule has 5 heteroatoms. The first-order chi connectivity index (χ1) is 13.4. The number of amides is 1. The summed E-state index contributed by atoms with van der Waals surface area (Å²) in [5.41, 5.74) is 1.89. The second kappa shape index (κ2) is 8.74. The summed E-state index contributed by atoms with van der Waals surface area (Å²) in [7, 11) is 0. The minimum atomic E-state index is -0.0423. The lowest BCUT2D eigenvalue weighted by Gasteiger charge is -2.14. The second-order valence-electron chi connectivity index (χ2n) is 6.98. The maximum Gasteiger partial charge on any atom is 0.220 e. The van der Waals surface area contributed by atoms with E-state index in [0.29, 0.717) is 18.1 Å². The third-order valence-electron chi connectivity index (χ3n) is 4.30. The first-order valence-electron chi connectivity index (χ1n) is 9.59. The molecule has 0 saturated heterocycles. The minimum absolute atomic E-state index is 0.0410. The van der Waals surface area contributed by atoms with Crippen molar-refractivity contribution in [3.8, 4) is 17.4 Å². The number of ether oxygens (including phenoxy) is 2. The van der Waals surface area contributed by atoms with Crippen molar-refractivity contribution in [2.45, 2.75) is 46.3 Å². The lowest BCUT2D eigenvalue weighted by Crippen LogP contribution is -2.25. The van der Waals surface area contributed by atoms with E-state index in [-0.39, 0.29) is 18.1 Å². The number of carbonyl (C=O) groups is 1. The number of rotatable bonds is 7. The monoisotopic (exact) mass is 378 g/mol. The summed E-state index contributed by atoms with van der Waals surface area (Å²) in [6.07, 6.45) is 0.613. The number of aromatic nitrogens is 1. The summed E-state index contributed by atoms with van der Waals surface area (Å²) in [4.78, 5) is 16.2. The third kappa shape index (κ3) is 5.00. The molecule has 146 valence electrons. The van der Waals surface area contributed by atoms with Gasteiger partial charge in [0.25, 0.3) is 0 Å². The van der Waals surface area contributed by atoms with Gasteiger partial charge in [-0.15, -0.1) is 0 Å². The van der Waals surface area contributed by atoms with Gasteiger partial charge in [0.1, 0.15) is 11.5 Å². The average molecular weight is 378 g/mol. The summed E-state index contributed by atoms with van der Waals surface area (Å²) in [6, 6.07) is 17.3. The van der Waals surface area contributed by atoms with Gasteiger partial charge in [0.2, 0.25) is 11.8 Å². The number of hydrogen-bond donors (Lipinski definition) is 1. The van der Waals surface area contributed by atoms with Crippen molar-refractivity contribution in [1.29, 1.82) is 0 Å². The summed E-state index contributed by atoms with van der Waals surface area (Å²) in [5, 5.41) is 3.98. The third-order valence-corrected chi connectivity index (χ3v) is 4.30. The number of fused-ring (bicyclic) bond motifs is 1. The van der Waals surface area contributed by atoms with Crippen LogP contribution in [0.25, 0.3) is 10.9 Å². The van der Waals surface area contributed by atoms with Crippen LogP contribution in [0.4, 0.5) is 0 Å². The van der Waals surface area contributed by atoms with E-state index in [4.69, 9.17) is 9.47 Å². The molecule has 1 unspecified atom stereocenters. The molecule has 1 heterocycles. The Bertz CT molecular complexity index is 952. The van der Waals surface area contributed by atoms with Crippen LogP contribution in [0.5, 0.6) is 17.4 Å². The number of benzene rings is 2. The molecule has 5 nitrogen and oxygen atoms in total. The molecule has 1 N–H and O–H groups in total. The summed E-state index contributed by atoms with van der Waals surface area (Å²) in [6.45, 7) is 7.81. The molecule has 3 rings (SSSR count). The van der Waals surface area contributed by atoms with Crippen LogP contribution in [0.15, 0.2) is 54.6 Å². The van der Waals surface area contributed by atoms with Crippen molar-refractivity contribution < 1.29 is 14.3 Å². The van der Waals surface area contributed by atoms with Crippen LogP contribution in [-0.2, 0) is 4.79 Å². The molecule has 28 heavy (non-hydrogen) atoms. The highest BCUT2D eigenvalue weighted by Gasteiger charge is 2.10. The molecule has 1 atom stereocenters. The molecular formula is C23H26N2O3. The molecule has 0 fully saturated rings. The Labute approximate surface area is 165 Å². The second-order valence-corrected chi connectivity index (χ2v) is 6.98. The fourth-order valence-corrected chi connectivity index (χ4v) is 2.86. The molecule has 0 aliphatic rings. The van der Waals surface area contributed by atoms with E-state index in [1.54, 1.807) is 0 Å². The Kier molecular flexibility index (Phi) is 6.14. The van der Waals surface area contributed by atoms with Gasteiger partial charge >= 0.3 is 0 Å². The van der Waals surface area contributed by atoms with Gasteiger partial charge in [0, 0.05) is 17.9 Å². The number of carbonyl (C=O) groups excluding carboxylic acids is 1. The van der Waals surface area contributed by atoms with Crippen LogP contribution >= 0.6 is 0 Å². The van der Waals surface area contributed by atoms with Gasteiger partial charge in [0.05, 0.1) is 17.7 Å². The highest BCUT2D eigenvalue weighted by atomic mass is 16.5. The maximum absolute atomic E-state index is 11.6. The Morgan fingerprint density at radius 3 is 2.39 bits per heavy atom. The highest BCUT2D eigenvalue weighted by molar-refractivity contribution is 5.80. The van der Waals surface area contributed by atoms with Gasteiger partial charge in [-0.1, -0.05) is 13.0 Å².